The molecule has 0 spiro atoms. The molecule has 0 amide bonds. The van der Waals surface area contributed by atoms with Crippen molar-refractivity contribution in [3.05, 3.63) is 68.6 Å². The van der Waals surface area contributed by atoms with Crippen LogP contribution in [-0.2, 0) is 11.3 Å². The fourth-order valence-electron chi connectivity index (χ4n) is 2.52. The summed E-state index contributed by atoms with van der Waals surface area (Å²) in [6, 6.07) is 9.45. The molecule has 2 rings (SSSR count). The molecule has 0 bridgehead atoms. The van der Waals surface area contributed by atoms with Gasteiger partial charge in [-0.25, -0.2) is 0 Å². The van der Waals surface area contributed by atoms with Crippen LogP contribution >= 0.6 is 0 Å². The van der Waals surface area contributed by atoms with Crippen molar-refractivity contribution >= 4 is 0 Å². The highest BCUT2D eigenvalue weighted by molar-refractivity contribution is 5.36. The summed E-state index contributed by atoms with van der Waals surface area (Å²) in [5.41, 5.74) is 11.2. The van der Waals surface area contributed by atoms with E-state index < -0.39 is 6.04 Å². The molecule has 1 aromatic carbocycles. The lowest BCUT2D eigenvalue weighted by molar-refractivity contribution is 0.185. The standard InChI is InChI=1S/C18H24N2O2/c1-12-5-7-15(11-13(12)2)17(19)16-8-6-14(3)20(18(16)21)9-10-22-4/h5-8,11,17H,9-10,19H2,1-4H3. The van der Waals surface area contributed by atoms with Gasteiger partial charge in [-0.3, -0.25) is 4.79 Å². The molecule has 0 saturated heterocycles. The third-order valence-electron chi connectivity index (χ3n) is 4.17. The monoisotopic (exact) mass is 300 g/mol. The molecule has 4 nitrogen and oxygen atoms in total. The number of hydrogen-bond acceptors (Lipinski definition) is 3. The summed E-state index contributed by atoms with van der Waals surface area (Å²) in [5.74, 6) is 0. The Morgan fingerprint density at radius 2 is 1.86 bits per heavy atom. The number of benzene rings is 1. The summed E-state index contributed by atoms with van der Waals surface area (Å²) in [7, 11) is 1.63. The molecule has 1 heterocycles. The topological polar surface area (TPSA) is 57.2 Å². The summed E-state index contributed by atoms with van der Waals surface area (Å²) in [5, 5.41) is 0. The van der Waals surface area contributed by atoms with Crippen LogP contribution in [0, 0.1) is 20.8 Å². The van der Waals surface area contributed by atoms with Crippen LogP contribution in [-0.4, -0.2) is 18.3 Å². The number of aromatic nitrogens is 1. The molecule has 4 heteroatoms. The van der Waals surface area contributed by atoms with Crippen molar-refractivity contribution < 1.29 is 4.74 Å². The first-order chi connectivity index (χ1) is 10.5. The Kier molecular flexibility index (Phi) is 5.16. The van der Waals surface area contributed by atoms with Crippen molar-refractivity contribution in [2.75, 3.05) is 13.7 Å². The van der Waals surface area contributed by atoms with E-state index in [1.807, 2.05) is 31.2 Å². The van der Waals surface area contributed by atoms with E-state index in [0.717, 1.165) is 11.3 Å². The number of aryl methyl sites for hydroxylation is 3. The molecule has 118 valence electrons. The minimum absolute atomic E-state index is 0.0391. The van der Waals surface area contributed by atoms with Gasteiger partial charge in [0, 0.05) is 24.9 Å². The SMILES string of the molecule is COCCn1c(C)ccc(C(N)c2ccc(C)c(C)c2)c1=O. The van der Waals surface area contributed by atoms with Gasteiger partial charge in [0.2, 0.25) is 0 Å². The first kappa shape index (κ1) is 16.5. The molecule has 0 aliphatic rings. The van der Waals surface area contributed by atoms with E-state index >= 15 is 0 Å². The highest BCUT2D eigenvalue weighted by Crippen LogP contribution is 2.20. The zero-order chi connectivity index (χ0) is 16.3. The normalized spacial score (nSPS) is 12.4. The number of nitrogens with two attached hydrogens (primary N) is 1. The Hall–Kier alpha value is -1.91. The second kappa shape index (κ2) is 6.90. The molecular formula is C18H24N2O2. The Morgan fingerprint density at radius 1 is 1.14 bits per heavy atom. The number of methoxy groups -OCH3 is 1. The van der Waals surface area contributed by atoms with Gasteiger partial charge in [0.1, 0.15) is 0 Å². The van der Waals surface area contributed by atoms with E-state index in [1.54, 1.807) is 11.7 Å². The van der Waals surface area contributed by atoms with E-state index in [9.17, 15) is 4.79 Å². The van der Waals surface area contributed by atoms with Gasteiger partial charge in [0.15, 0.2) is 0 Å². The van der Waals surface area contributed by atoms with E-state index in [4.69, 9.17) is 10.5 Å². The number of nitrogens with zero attached hydrogens (tertiary/aromatic N) is 1. The van der Waals surface area contributed by atoms with Gasteiger partial charge in [0.25, 0.3) is 5.56 Å². The molecule has 0 aliphatic carbocycles. The van der Waals surface area contributed by atoms with Crippen LogP contribution in [0.5, 0.6) is 0 Å². The average Bonchev–Trinajstić information content (AvgIpc) is 2.49. The van der Waals surface area contributed by atoms with Crippen LogP contribution in [0.15, 0.2) is 35.1 Å². The summed E-state index contributed by atoms with van der Waals surface area (Å²) < 4.78 is 6.80. The smallest absolute Gasteiger partial charge is 0.255 e. The zero-order valence-electron chi connectivity index (χ0n) is 13.7. The summed E-state index contributed by atoms with van der Waals surface area (Å²) in [6.45, 7) is 7.08. The maximum atomic E-state index is 12.7. The molecule has 1 aromatic heterocycles. The molecule has 1 atom stereocenters. The predicted molar refractivity (Wildman–Crippen MR) is 89.3 cm³/mol. The summed E-state index contributed by atoms with van der Waals surface area (Å²) >= 11 is 0. The number of ether oxygens (including phenoxy) is 1. The predicted octanol–water partition coefficient (Wildman–Crippen LogP) is 2.47. The largest absolute Gasteiger partial charge is 0.383 e. The Balaban J connectivity index is 2.43. The van der Waals surface area contributed by atoms with Crippen molar-refractivity contribution in [3.63, 3.8) is 0 Å². The van der Waals surface area contributed by atoms with Crippen LogP contribution in [0.25, 0.3) is 0 Å². The average molecular weight is 300 g/mol. The van der Waals surface area contributed by atoms with Crippen LogP contribution < -0.4 is 11.3 Å². The fraction of sp³-hybridized carbons (Fsp3) is 0.389. The van der Waals surface area contributed by atoms with Crippen LogP contribution in [0.4, 0.5) is 0 Å². The first-order valence-corrected chi connectivity index (χ1v) is 7.47. The third-order valence-corrected chi connectivity index (χ3v) is 4.17. The van der Waals surface area contributed by atoms with Gasteiger partial charge in [-0.1, -0.05) is 18.2 Å². The number of hydrogen-bond donors (Lipinski definition) is 1. The van der Waals surface area contributed by atoms with E-state index in [0.29, 0.717) is 18.7 Å². The van der Waals surface area contributed by atoms with Crippen molar-refractivity contribution in [2.45, 2.75) is 33.4 Å². The minimum atomic E-state index is -0.416. The maximum absolute atomic E-state index is 12.7. The van der Waals surface area contributed by atoms with Crippen molar-refractivity contribution in [1.29, 1.82) is 0 Å². The lowest BCUT2D eigenvalue weighted by Gasteiger charge is -2.17. The van der Waals surface area contributed by atoms with Gasteiger partial charge in [0.05, 0.1) is 12.6 Å². The summed E-state index contributed by atoms with van der Waals surface area (Å²) in [4.78, 5) is 12.7. The van der Waals surface area contributed by atoms with Crippen molar-refractivity contribution in [3.8, 4) is 0 Å². The van der Waals surface area contributed by atoms with Crippen molar-refractivity contribution in [2.24, 2.45) is 5.73 Å². The zero-order valence-corrected chi connectivity index (χ0v) is 13.7. The molecule has 0 fully saturated rings. The number of pyridine rings is 1. The van der Waals surface area contributed by atoms with Crippen LogP contribution in [0.1, 0.15) is 34.0 Å². The highest BCUT2D eigenvalue weighted by atomic mass is 16.5. The minimum Gasteiger partial charge on any atom is -0.383 e. The second-order valence-corrected chi connectivity index (χ2v) is 5.70. The van der Waals surface area contributed by atoms with E-state index in [1.165, 1.54) is 11.1 Å². The maximum Gasteiger partial charge on any atom is 0.255 e. The van der Waals surface area contributed by atoms with E-state index in [-0.39, 0.29) is 5.56 Å². The first-order valence-electron chi connectivity index (χ1n) is 7.47. The Bertz CT molecular complexity index is 720. The molecule has 0 radical (unpaired) electrons. The Labute approximate surface area is 131 Å². The molecule has 22 heavy (non-hydrogen) atoms. The molecule has 0 saturated carbocycles. The quantitative estimate of drug-likeness (QED) is 0.923. The molecule has 0 aliphatic heterocycles. The molecule has 2 N–H and O–H groups in total. The van der Waals surface area contributed by atoms with Gasteiger partial charge in [-0.05, 0) is 49.6 Å². The fourth-order valence-corrected chi connectivity index (χ4v) is 2.52. The van der Waals surface area contributed by atoms with E-state index in [2.05, 4.69) is 19.9 Å². The van der Waals surface area contributed by atoms with Gasteiger partial charge in [-0.15, -0.1) is 0 Å². The third kappa shape index (κ3) is 3.29. The van der Waals surface area contributed by atoms with Gasteiger partial charge >= 0.3 is 0 Å². The second-order valence-electron chi connectivity index (χ2n) is 5.70. The lowest BCUT2D eigenvalue weighted by atomic mass is 9.97. The molecule has 2 aromatic rings. The molecule has 1 unspecified atom stereocenters. The Morgan fingerprint density at radius 3 is 2.50 bits per heavy atom. The highest BCUT2D eigenvalue weighted by Gasteiger charge is 2.15. The van der Waals surface area contributed by atoms with Crippen molar-refractivity contribution in [1.82, 2.24) is 4.57 Å². The molecular weight excluding hydrogens is 276 g/mol. The summed E-state index contributed by atoms with van der Waals surface area (Å²) in [6.07, 6.45) is 0. The van der Waals surface area contributed by atoms with Gasteiger partial charge < -0.3 is 15.0 Å². The van der Waals surface area contributed by atoms with Crippen LogP contribution in [0.3, 0.4) is 0 Å². The number of rotatable bonds is 5. The van der Waals surface area contributed by atoms with Crippen LogP contribution in [0.2, 0.25) is 0 Å². The van der Waals surface area contributed by atoms with Gasteiger partial charge in [-0.2, -0.15) is 0 Å². The lowest BCUT2D eigenvalue weighted by Crippen LogP contribution is -2.31.